The molecule has 0 radical (unpaired) electrons. The lowest BCUT2D eigenvalue weighted by atomic mass is 10.1. The Morgan fingerprint density at radius 2 is 2.00 bits per heavy atom. The highest BCUT2D eigenvalue weighted by Gasteiger charge is 2.15. The molecule has 0 amide bonds. The van der Waals surface area contributed by atoms with Crippen molar-refractivity contribution in [2.24, 2.45) is 0 Å². The first kappa shape index (κ1) is 10.7. The predicted molar refractivity (Wildman–Crippen MR) is 65.6 cm³/mol. The number of ether oxygens (including phenoxy) is 2. The average Bonchev–Trinajstić information content (AvgIpc) is 2.86. The Balaban J connectivity index is 2.04. The van der Waals surface area contributed by atoms with E-state index in [1.54, 1.807) is 0 Å². The van der Waals surface area contributed by atoms with Crippen molar-refractivity contribution >= 4 is 15.9 Å². The molecule has 0 bridgehead atoms. The maximum Gasteiger partial charge on any atom is 0.181 e. The number of hydrogen-bond donors (Lipinski definition) is 0. The SMILES string of the molecule is BrCc1ncoc1-c1ccc2c(c1)OCCO2. The third kappa shape index (κ3) is 1.91. The van der Waals surface area contributed by atoms with Gasteiger partial charge in [0, 0.05) is 10.9 Å². The average molecular weight is 296 g/mol. The van der Waals surface area contributed by atoms with E-state index in [4.69, 9.17) is 13.9 Å². The fourth-order valence-electron chi connectivity index (χ4n) is 1.78. The van der Waals surface area contributed by atoms with Gasteiger partial charge in [-0.3, -0.25) is 0 Å². The van der Waals surface area contributed by atoms with E-state index in [1.807, 2.05) is 18.2 Å². The third-order valence-electron chi connectivity index (χ3n) is 2.57. The monoisotopic (exact) mass is 295 g/mol. The van der Waals surface area contributed by atoms with Crippen LogP contribution in [-0.2, 0) is 5.33 Å². The molecule has 0 aliphatic carbocycles. The lowest BCUT2D eigenvalue weighted by molar-refractivity contribution is 0.171. The molecule has 0 spiro atoms. The van der Waals surface area contributed by atoms with Gasteiger partial charge in [0.05, 0.1) is 5.69 Å². The Hall–Kier alpha value is -1.49. The summed E-state index contributed by atoms with van der Waals surface area (Å²) in [5.41, 5.74) is 1.82. The second-order valence-corrected chi connectivity index (χ2v) is 4.18. The Morgan fingerprint density at radius 3 is 2.82 bits per heavy atom. The van der Waals surface area contributed by atoms with E-state index < -0.39 is 0 Å². The normalized spacial score (nSPS) is 13.7. The fraction of sp³-hybridized carbons (Fsp3) is 0.250. The molecule has 1 aromatic carbocycles. The van der Waals surface area contributed by atoms with E-state index in [9.17, 15) is 0 Å². The van der Waals surface area contributed by atoms with Crippen LogP contribution >= 0.6 is 15.9 Å². The molecule has 2 aromatic rings. The smallest absolute Gasteiger partial charge is 0.181 e. The van der Waals surface area contributed by atoms with Gasteiger partial charge >= 0.3 is 0 Å². The van der Waals surface area contributed by atoms with Crippen molar-refractivity contribution in [2.45, 2.75) is 5.33 Å². The molecular formula is C12H10BrNO3. The highest BCUT2D eigenvalue weighted by atomic mass is 79.9. The molecule has 5 heteroatoms. The number of halogens is 1. The molecule has 88 valence electrons. The number of alkyl halides is 1. The highest BCUT2D eigenvalue weighted by molar-refractivity contribution is 9.08. The van der Waals surface area contributed by atoms with Gasteiger partial charge in [-0.05, 0) is 18.2 Å². The molecule has 0 atom stereocenters. The molecule has 0 unspecified atom stereocenters. The summed E-state index contributed by atoms with van der Waals surface area (Å²) < 4.78 is 16.4. The zero-order chi connectivity index (χ0) is 11.7. The summed E-state index contributed by atoms with van der Waals surface area (Å²) in [7, 11) is 0. The van der Waals surface area contributed by atoms with Crippen LogP contribution in [0.15, 0.2) is 29.0 Å². The van der Waals surface area contributed by atoms with Gasteiger partial charge in [0.1, 0.15) is 13.2 Å². The summed E-state index contributed by atoms with van der Waals surface area (Å²) in [6.45, 7) is 1.18. The van der Waals surface area contributed by atoms with Crippen LogP contribution in [-0.4, -0.2) is 18.2 Å². The highest BCUT2D eigenvalue weighted by Crippen LogP contribution is 2.35. The molecule has 0 fully saturated rings. The van der Waals surface area contributed by atoms with Gasteiger partial charge in [0.15, 0.2) is 23.7 Å². The summed E-state index contributed by atoms with van der Waals surface area (Å²) in [5.74, 6) is 2.30. The van der Waals surface area contributed by atoms with Crippen molar-refractivity contribution in [3.05, 3.63) is 30.3 Å². The van der Waals surface area contributed by atoms with Crippen LogP contribution in [0.4, 0.5) is 0 Å². The minimum Gasteiger partial charge on any atom is -0.486 e. The number of nitrogens with zero attached hydrogens (tertiary/aromatic N) is 1. The third-order valence-corrected chi connectivity index (χ3v) is 3.10. The van der Waals surface area contributed by atoms with Crippen molar-refractivity contribution in [2.75, 3.05) is 13.2 Å². The zero-order valence-corrected chi connectivity index (χ0v) is 10.6. The molecule has 17 heavy (non-hydrogen) atoms. The molecule has 0 N–H and O–H groups in total. The van der Waals surface area contributed by atoms with Crippen molar-refractivity contribution in [3.8, 4) is 22.8 Å². The van der Waals surface area contributed by atoms with Gasteiger partial charge in [-0.1, -0.05) is 15.9 Å². The number of aromatic nitrogens is 1. The number of rotatable bonds is 2. The lowest BCUT2D eigenvalue weighted by Crippen LogP contribution is -2.15. The number of hydrogen-bond acceptors (Lipinski definition) is 4. The second-order valence-electron chi connectivity index (χ2n) is 3.62. The largest absolute Gasteiger partial charge is 0.486 e. The number of oxazole rings is 1. The topological polar surface area (TPSA) is 44.5 Å². The van der Waals surface area contributed by atoms with Crippen LogP contribution in [0.3, 0.4) is 0 Å². The molecule has 1 aliphatic rings. The van der Waals surface area contributed by atoms with Crippen LogP contribution in [0.1, 0.15) is 5.69 Å². The second kappa shape index (κ2) is 4.41. The first-order valence-corrected chi connectivity index (χ1v) is 6.39. The minimum absolute atomic E-state index is 0.582. The Morgan fingerprint density at radius 1 is 1.18 bits per heavy atom. The Bertz CT molecular complexity index is 538. The van der Waals surface area contributed by atoms with Crippen molar-refractivity contribution in [1.29, 1.82) is 0 Å². The summed E-state index contributed by atoms with van der Waals surface area (Å²) in [6, 6.07) is 5.76. The van der Waals surface area contributed by atoms with Crippen molar-refractivity contribution in [3.63, 3.8) is 0 Å². The van der Waals surface area contributed by atoms with Gasteiger partial charge in [-0.15, -0.1) is 0 Å². The van der Waals surface area contributed by atoms with Crippen LogP contribution in [0.5, 0.6) is 11.5 Å². The summed E-state index contributed by atoms with van der Waals surface area (Å²) in [6.07, 6.45) is 1.45. The van der Waals surface area contributed by atoms with E-state index in [-0.39, 0.29) is 0 Å². The molecule has 1 aromatic heterocycles. The molecule has 3 rings (SSSR count). The quantitative estimate of drug-likeness (QED) is 0.799. The van der Waals surface area contributed by atoms with E-state index in [2.05, 4.69) is 20.9 Å². The van der Waals surface area contributed by atoms with Gasteiger partial charge in [-0.2, -0.15) is 0 Å². The van der Waals surface area contributed by atoms with Gasteiger partial charge < -0.3 is 13.9 Å². The van der Waals surface area contributed by atoms with Crippen LogP contribution in [0, 0.1) is 0 Å². The van der Waals surface area contributed by atoms with Gasteiger partial charge in [-0.25, -0.2) is 4.98 Å². The van der Waals surface area contributed by atoms with Crippen molar-refractivity contribution < 1.29 is 13.9 Å². The Kier molecular flexibility index (Phi) is 2.76. The van der Waals surface area contributed by atoms with Crippen LogP contribution < -0.4 is 9.47 Å². The lowest BCUT2D eigenvalue weighted by Gasteiger charge is -2.18. The molecule has 0 saturated carbocycles. The molecule has 1 aliphatic heterocycles. The maximum absolute atomic E-state index is 5.54. The van der Waals surface area contributed by atoms with E-state index in [1.165, 1.54) is 6.39 Å². The van der Waals surface area contributed by atoms with Crippen LogP contribution in [0.25, 0.3) is 11.3 Å². The standard InChI is InChI=1S/C12H10BrNO3/c13-6-9-12(17-7-14-9)8-1-2-10-11(5-8)16-4-3-15-10/h1-2,5,7H,3-4,6H2. The van der Waals surface area contributed by atoms with E-state index in [0.717, 1.165) is 28.5 Å². The van der Waals surface area contributed by atoms with Crippen molar-refractivity contribution in [1.82, 2.24) is 4.98 Å². The first-order chi connectivity index (χ1) is 8.38. The predicted octanol–water partition coefficient (Wildman–Crippen LogP) is 3.01. The van der Waals surface area contributed by atoms with Gasteiger partial charge in [0.25, 0.3) is 0 Å². The number of fused-ring (bicyclic) bond motifs is 1. The zero-order valence-electron chi connectivity index (χ0n) is 8.98. The number of benzene rings is 1. The summed E-state index contributed by atoms with van der Waals surface area (Å²) >= 11 is 3.38. The fourth-order valence-corrected chi connectivity index (χ4v) is 2.18. The van der Waals surface area contributed by atoms with Gasteiger partial charge in [0.2, 0.25) is 0 Å². The summed E-state index contributed by atoms with van der Waals surface area (Å²) in [5, 5.41) is 0.660. The van der Waals surface area contributed by atoms with E-state index in [0.29, 0.717) is 18.5 Å². The molecular weight excluding hydrogens is 286 g/mol. The minimum atomic E-state index is 0.582. The maximum atomic E-state index is 5.54. The molecule has 2 heterocycles. The molecule has 0 saturated heterocycles. The summed E-state index contributed by atoms with van der Waals surface area (Å²) in [4.78, 5) is 4.14. The van der Waals surface area contributed by atoms with E-state index >= 15 is 0 Å². The first-order valence-electron chi connectivity index (χ1n) is 5.27. The Labute approximate surface area is 107 Å². The molecule has 4 nitrogen and oxygen atoms in total. The van der Waals surface area contributed by atoms with Crippen LogP contribution in [0.2, 0.25) is 0 Å².